The van der Waals surface area contributed by atoms with E-state index in [1.165, 1.54) is 5.56 Å². The molecule has 0 saturated carbocycles. The molecule has 1 N–H and O–H groups in total. The van der Waals surface area contributed by atoms with Gasteiger partial charge >= 0.3 is 0 Å². The molecule has 0 saturated heterocycles. The number of sulfonamides is 1. The van der Waals surface area contributed by atoms with Crippen molar-refractivity contribution in [2.45, 2.75) is 71.1 Å². The summed E-state index contributed by atoms with van der Waals surface area (Å²) >= 11 is 0. The van der Waals surface area contributed by atoms with E-state index >= 15 is 0 Å². The largest absolute Gasteiger partial charge is 0.492 e. The molecule has 0 aliphatic heterocycles. The van der Waals surface area contributed by atoms with Crippen LogP contribution in [0.5, 0.6) is 5.75 Å². The van der Waals surface area contributed by atoms with E-state index < -0.39 is 10.0 Å². The van der Waals surface area contributed by atoms with Gasteiger partial charge in [0, 0.05) is 0 Å². The van der Waals surface area contributed by atoms with Gasteiger partial charge in [0.2, 0.25) is 0 Å². The van der Waals surface area contributed by atoms with Crippen LogP contribution in [0.1, 0.15) is 82.9 Å². The summed E-state index contributed by atoms with van der Waals surface area (Å²) in [5.41, 5.74) is 3.34. The number of hydrogen-bond acceptors (Lipinski definition) is 3. The SMILES string of the molecule is CCOc1ccccc1NS(=O)(=O)c1c(C(C)C)cc(C(C)C)cc1C(C)C. The second-order valence-corrected chi connectivity index (χ2v) is 9.65. The van der Waals surface area contributed by atoms with Crippen LogP contribution in [0.2, 0.25) is 0 Å². The average Bonchev–Trinajstić information content (AvgIpc) is 2.62. The molecule has 0 heterocycles. The highest BCUT2D eigenvalue weighted by atomic mass is 32.2. The first-order chi connectivity index (χ1) is 13.1. The van der Waals surface area contributed by atoms with Gasteiger partial charge < -0.3 is 4.74 Å². The first-order valence-electron chi connectivity index (χ1n) is 10.0. The Hall–Kier alpha value is -2.01. The number of nitrogens with one attached hydrogen (secondary N) is 1. The number of anilines is 1. The molecule has 0 aromatic heterocycles. The van der Waals surface area contributed by atoms with Crippen molar-refractivity contribution in [2.75, 3.05) is 11.3 Å². The molecule has 0 atom stereocenters. The lowest BCUT2D eigenvalue weighted by atomic mass is 9.89. The summed E-state index contributed by atoms with van der Waals surface area (Å²) in [5, 5.41) is 0. The maximum absolute atomic E-state index is 13.5. The Morgan fingerprint density at radius 1 is 0.893 bits per heavy atom. The molecular formula is C23H33NO3S. The van der Waals surface area contributed by atoms with Crippen molar-refractivity contribution < 1.29 is 13.2 Å². The highest BCUT2D eigenvalue weighted by Gasteiger charge is 2.27. The minimum absolute atomic E-state index is 0.0879. The molecule has 0 aliphatic carbocycles. The van der Waals surface area contributed by atoms with Crippen LogP contribution in [0, 0.1) is 0 Å². The molecule has 2 rings (SSSR count). The van der Waals surface area contributed by atoms with E-state index in [0.717, 1.165) is 11.1 Å². The van der Waals surface area contributed by atoms with Crippen molar-refractivity contribution in [3.05, 3.63) is 53.1 Å². The minimum atomic E-state index is -3.78. The molecule has 2 aromatic rings. The number of para-hydroxylation sites is 2. The third kappa shape index (κ3) is 4.88. The topological polar surface area (TPSA) is 55.4 Å². The molecular weight excluding hydrogens is 370 g/mol. The average molecular weight is 404 g/mol. The van der Waals surface area contributed by atoms with Crippen molar-refractivity contribution in [3.8, 4) is 5.75 Å². The zero-order valence-corrected chi connectivity index (χ0v) is 18.9. The predicted octanol–water partition coefficient (Wildman–Crippen LogP) is 6.26. The molecule has 4 nitrogen and oxygen atoms in total. The Bertz CT molecular complexity index is 886. The molecule has 0 spiro atoms. The van der Waals surface area contributed by atoms with Gasteiger partial charge in [-0.2, -0.15) is 0 Å². The highest BCUT2D eigenvalue weighted by Crippen LogP contribution is 2.37. The van der Waals surface area contributed by atoms with Crippen LogP contribution in [0.3, 0.4) is 0 Å². The van der Waals surface area contributed by atoms with Crippen molar-refractivity contribution in [2.24, 2.45) is 0 Å². The van der Waals surface area contributed by atoms with Crippen LogP contribution in [0.25, 0.3) is 0 Å². The summed E-state index contributed by atoms with van der Waals surface area (Å²) in [6.45, 7) is 14.8. The van der Waals surface area contributed by atoms with Gasteiger partial charge in [-0.15, -0.1) is 0 Å². The predicted molar refractivity (Wildman–Crippen MR) is 117 cm³/mol. The number of rotatable bonds is 8. The Balaban J connectivity index is 2.68. The number of hydrogen-bond donors (Lipinski definition) is 1. The summed E-state index contributed by atoms with van der Waals surface area (Å²) < 4.78 is 35.4. The standard InChI is InChI=1S/C23H33NO3S/c1-8-27-22-12-10-9-11-21(22)24-28(25,26)23-19(16(4)5)13-18(15(2)3)14-20(23)17(6)7/h9-17,24H,8H2,1-7H3. The molecule has 28 heavy (non-hydrogen) atoms. The molecule has 154 valence electrons. The third-order valence-corrected chi connectivity index (χ3v) is 6.28. The second kappa shape index (κ2) is 8.99. The van der Waals surface area contributed by atoms with E-state index in [0.29, 0.717) is 28.9 Å². The van der Waals surface area contributed by atoms with E-state index in [9.17, 15) is 8.42 Å². The Labute approximate surface area is 170 Å². The molecule has 0 bridgehead atoms. The quantitative estimate of drug-likeness (QED) is 0.566. The maximum Gasteiger partial charge on any atom is 0.262 e. The molecule has 0 fully saturated rings. The second-order valence-electron chi connectivity index (χ2n) is 8.03. The van der Waals surface area contributed by atoms with E-state index in [2.05, 4.69) is 18.6 Å². The first kappa shape index (κ1) is 22.3. The van der Waals surface area contributed by atoms with Crippen LogP contribution >= 0.6 is 0 Å². The molecule has 0 aliphatic rings. The van der Waals surface area contributed by atoms with E-state index in [1.54, 1.807) is 18.2 Å². The van der Waals surface area contributed by atoms with Crippen molar-refractivity contribution in [1.29, 1.82) is 0 Å². The van der Waals surface area contributed by atoms with Gasteiger partial charge in [0.25, 0.3) is 10.0 Å². The molecule has 0 radical (unpaired) electrons. The minimum Gasteiger partial charge on any atom is -0.492 e. The van der Waals surface area contributed by atoms with Gasteiger partial charge in [0.1, 0.15) is 5.75 Å². The highest BCUT2D eigenvalue weighted by molar-refractivity contribution is 7.92. The monoisotopic (exact) mass is 403 g/mol. The Morgan fingerprint density at radius 3 is 1.89 bits per heavy atom. The lowest BCUT2D eigenvalue weighted by Gasteiger charge is -2.23. The van der Waals surface area contributed by atoms with Crippen molar-refractivity contribution >= 4 is 15.7 Å². The Kier molecular flexibility index (Phi) is 7.16. The summed E-state index contributed by atoms with van der Waals surface area (Å²) in [7, 11) is -3.78. The first-order valence-corrected chi connectivity index (χ1v) is 11.5. The summed E-state index contributed by atoms with van der Waals surface area (Å²) in [4.78, 5) is 0.396. The zero-order valence-electron chi connectivity index (χ0n) is 18.0. The normalized spacial score (nSPS) is 12.1. The maximum atomic E-state index is 13.5. The van der Waals surface area contributed by atoms with Crippen LogP contribution < -0.4 is 9.46 Å². The van der Waals surface area contributed by atoms with Crippen LogP contribution in [-0.2, 0) is 10.0 Å². The van der Waals surface area contributed by atoms with Gasteiger partial charge in [-0.1, -0.05) is 65.8 Å². The van der Waals surface area contributed by atoms with Crippen LogP contribution in [0.4, 0.5) is 5.69 Å². The number of benzene rings is 2. The fraction of sp³-hybridized carbons (Fsp3) is 0.478. The molecule has 5 heteroatoms. The van der Waals surface area contributed by atoms with Gasteiger partial charge in [-0.05, 0) is 53.5 Å². The van der Waals surface area contributed by atoms with Gasteiger partial charge in [0.05, 0.1) is 17.2 Å². The fourth-order valence-electron chi connectivity index (χ4n) is 3.23. The van der Waals surface area contributed by atoms with Crippen LogP contribution in [0.15, 0.2) is 41.3 Å². The zero-order chi connectivity index (χ0) is 21.1. The Morgan fingerprint density at radius 2 is 1.43 bits per heavy atom. The summed E-state index contributed by atoms with van der Waals surface area (Å²) in [5.74, 6) is 1.04. The molecule has 2 aromatic carbocycles. The van der Waals surface area contributed by atoms with Gasteiger partial charge in [0.15, 0.2) is 0 Å². The lowest BCUT2D eigenvalue weighted by molar-refractivity contribution is 0.342. The summed E-state index contributed by atoms with van der Waals surface area (Å²) in [6.07, 6.45) is 0. The fourth-order valence-corrected chi connectivity index (χ4v) is 5.00. The van der Waals surface area contributed by atoms with Crippen molar-refractivity contribution in [3.63, 3.8) is 0 Å². The van der Waals surface area contributed by atoms with E-state index in [-0.39, 0.29) is 11.8 Å². The van der Waals surface area contributed by atoms with Gasteiger partial charge in [-0.25, -0.2) is 8.42 Å². The van der Waals surface area contributed by atoms with E-state index in [4.69, 9.17) is 4.74 Å². The third-order valence-electron chi connectivity index (χ3n) is 4.78. The summed E-state index contributed by atoms with van der Waals surface area (Å²) in [6, 6.07) is 11.2. The molecule has 0 unspecified atom stereocenters. The van der Waals surface area contributed by atoms with Crippen molar-refractivity contribution in [1.82, 2.24) is 0 Å². The van der Waals surface area contributed by atoms with Crippen LogP contribution in [-0.4, -0.2) is 15.0 Å². The smallest absolute Gasteiger partial charge is 0.262 e. The lowest BCUT2D eigenvalue weighted by Crippen LogP contribution is -2.19. The molecule has 0 amide bonds. The van der Waals surface area contributed by atoms with E-state index in [1.807, 2.05) is 52.8 Å². The number of ether oxygens (including phenoxy) is 1. The van der Waals surface area contributed by atoms with Gasteiger partial charge in [-0.3, -0.25) is 4.72 Å².